The zero-order valence-corrected chi connectivity index (χ0v) is 12.4. The summed E-state index contributed by atoms with van der Waals surface area (Å²) in [5.41, 5.74) is 0.886. The average molecular weight is 289 g/mol. The Morgan fingerprint density at radius 3 is 2.90 bits per heavy atom. The lowest BCUT2D eigenvalue weighted by Crippen LogP contribution is -2.29. The van der Waals surface area contributed by atoms with Crippen LogP contribution in [0.2, 0.25) is 0 Å². The number of rotatable bonds is 4. The van der Waals surface area contributed by atoms with Crippen molar-refractivity contribution in [2.45, 2.75) is 51.0 Å². The maximum atomic E-state index is 12.0. The van der Waals surface area contributed by atoms with Crippen LogP contribution in [0.25, 0.3) is 0 Å². The van der Waals surface area contributed by atoms with Crippen LogP contribution in [0.15, 0.2) is 12.3 Å². The first-order chi connectivity index (χ1) is 10.3. The van der Waals surface area contributed by atoms with E-state index in [4.69, 9.17) is 4.74 Å². The molecule has 1 N–H and O–H groups in total. The molecular formula is C16H23N3O2. The van der Waals surface area contributed by atoms with Crippen molar-refractivity contribution in [1.29, 1.82) is 0 Å². The molecule has 114 valence electrons. The molecule has 0 radical (unpaired) electrons. The summed E-state index contributed by atoms with van der Waals surface area (Å²) in [5, 5.41) is 3.01. The molecule has 21 heavy (non-hydrogen) atoms. The molecule has 1 aromatic rings. The Kier molecular flexibility index (Phi) is 4.80. The lowest BCUT2D eigenvalue weighted by molar-refractivity contribution is -0.124. The molecule has 1 amide bonds. The lowest BCUT2D eigenvalue weighted by atomic mass is 10.0. The molecule has 5 nitrogen and oxygen atoms in total. The van der Waals surface area contributed by atoms with Crippen LogP contribution in [0.5, 0.6) is 0 Å². The highest BCUT2D eigenvalue weighted by atomic mass is 16.5. The number of hydrogen-bond acceptors (Lipinski definition) is 4. The van der Waals surface area contributed by atoms with Gasteiger partial charge in [0.2, 0.25) is 5.91 Å². The topological polar surface area (TPSA) is 64.1 Å². The van der Waals surface area contributed by atoms with E-state index in [0.29, 0.717) is 19.1 Å². The number of ether oxygens (including phenoxy) is 1. The van der Waals surface area contributed by atoms with Gasteiger partial charge in [-0.05, 0) is 31.7 Å². The molecule has 5 heteroatoms. The van der Waals surface area contributed by atoms with Gasteiger partial charge in [0.1, 0.15) is 5.82 Å². The predicted octanol–water partition coefficient (Wildman–Crippen LogP) is 2.18. The highest BCUT2D eigenvalue weighted by molar-refractivity contribution is 5.78. The number of carbonyl (C=O) groups excluding carboxylic acids is 1. The van der Waals surface area contributed by atoms with Crippen molar-refractivity contribution in [3.63, 3.8) is 0 Å². The quantitative estimate of drug-likeness (QED) is 0.922. The zero-order valence-electron chi connectivity index (χ0n) is 12.4. The van der Waals surface area contributed by atoms with E-state index in [2.05, 4.69) is 15.3 Å². The molecule has 1 atom stereocenters. The minimum atomic E-state index is 0.175. The molecule has 0 aromatic carbocycles. The lowest BCUT2D eigenvalue weighted by Gasteiger charge is -2.21. The summed E-state index contributed by atoms with van der Waals surface area (Å²) >= 11 is 0. The van der Waals surface area contributed by atoms with Crippen LogP contribution < -0.4 is 5.32 Å². The van der Waals surface area contributed by atoms with Gasteiger partial charge in [-0.2, -0.15) is 0 Å². The van der Waals surface area contributed by atoms with E-state index in [0.717, 1.165) is 43.8 Å². The van der Waals surface area contributed by atoms with Gasteiger partial charge < -0.3 is 10.1 Å². The first kappa shape index (κ1) is 14.4. The van der Waals surface area contributed by atoms with Gasteiger partial charge in [0.15, 0.2) is 0 Å². The Balaban J connectivity index is 1.56. The Hall–Kier alpha value is -1.49. The Bertz CT molecular complexity index is 480. The molecule has 0 bridgehead atoms. The molecule has 3 rings (SSSR count). The van der Waals surface area contributed by atoms with Crippen LogP contribution in [-0.2, 0) is 16.1 Å². The van der Waals surface area contributed by atoms with Crippen LogP contribution in [0.3, 0.4) is 0 Å². The average Bonchev–Trinajstić information content (AvgIpc) is 3.08. The van der Waals surface area contributed by atoms with Crippen molar-refractivity contribution in [2.24, 2.45) is 5.92 Å². The minimum absolute atomic E-state index is 0.175. The summed E-state index contributed by atoms with van der Waals surface area (Å²) in [6.07, 6.45) is 8.35. The maximum absolute atomic E-state index is 12.0. The number of nitrogens with one attached hydrogen (secondary N) is 1. The first-order valence-electron chi connectivity index (χ1n) is 8.00. The number of amides is 1. The van der Waals surface area contributed by atoms with E-state index >= 15 is 0 Å². The van der Waals surface area contributed by atoms with Gasteiger partial charge in [0.05, 0.1) is 18.8 Å². The summed E-state index contributed by atoms with van der Waals surface area (Å²) in [4.78, 5) is 21.0. The predicted molar refractivity (Wildman–Crippen MR) is 78.6 cm³/mol. The molecule has 1 aliphatic carbocycles. The SMILES string of the molecule is O=C(NCc1ccnc([C@H]2CCCOC2)n1)C1CCCC1. The van der Waals surface area contributed by atoms with E-state index in [-0.39, 0.29) is 11.8 Å². The molecule has 1 saturated heterocycles. The van der Waals surface area contributed by atoms with E-state index < -0.39 is 0 Å². The van der Waals surface area contributed by atoms with Gasteiger partial charge in [-0.15, -0.1) is 0 Å². The van der Waals surface area contributed by atoms with Crippen LogP contribution in [0, 0.1) is 5.92 Å². The highest BCUT2D eigenvalue weighted by Crippen LogP contribution is 2.25. The fourth-order valence-corrected chi connectivity index (χ4v) is 3.16. The molecule has 2 aliphatic rings. The Morgan fingerprint density at radius 1 is 1.29 bits per heavy atom. The van der Waals surface area contributed by atoms with E-state index in [1.165, 1.54) is 12.8 Å². The Morgan fingerprint density at radius 2 is 2.14 bits per heavy atom. The van der Waals surface area contributed by atoms with E-state index in [1.807, 2.05) is 6.07 Å². The van der Waals surface area contributed by atoms with Gasteiger partial charge in [0, 0.05) is 24.6 Å². The number of nitrogens with zero attached hydrogens (tertiary/aromatic N) is 2. The molecular weight excluding hydrogens is 266 g/mol. The summed E-state index contributed by atoms with van der Waals surface area (Å²) in [6.45, 7) is 2.05. The largest absolute Gasteiger partial charge is 0.381 e. The van der Waals surface area contributed by atoms with Gasteiger partial charge in [-0.25, -0.2) is 9.97 Å². The molecule has 2 heterocycles. The standard InChI is InChI=1S/C16H23N3O2/c20-16(12-4-1-2-5-12)18-10-14-7-8-17-15(19-14)13-6-3-9-21-11-13/h7-8,12-13H,1-6,9-11H2,(H,18,20)/t13-/m0/s1. The smallest absolute Gasteiger partial charge is 0.223 e. The van der Waals surface area contributed by atoms with Crippen LogP contribution in [-0.4, -0.2) is 29.1 Å². The zero-order chi connectivity index (χ0) is 14.5. The second kappa shape index (κ2) is 6.98. The number of hydrogen-bond donors (Lipinski definition) is 1. The number of carbonyl (C=O) groups is 1. The van der Waals surface area contributed by atoms with Gasteiger partial charge >= 0.3 is 0 Å². The summed E-state index contributed by atoms with van der Waals surface area (Å²) in [7, 11) is 0. The molecule has 0 unspecified atom stereocenters. The molecule has 0 spiro atoms. The van der Waals surface area contributed by atoms with Crippen molar-refractivity contribution in [2.75, 3.05) is 13.2 Å². The van der Waals surface area contributed by atoms with Crippen LogP contribution >= 0.6 is 0 Å². The van der Waals surface area contributed by atoms with Gasteiger partial charge in [-0.3, -0.25) is 4.79 Å². The second-order valence-corrected chi connectivity index (χ2v) is 6.02. The maximum Gasteiger partial charge on any atom is 0.223 e. The normalized spacial score (nSPS) is 23.1. The summed E-state index contributed by atoms with van der Waals surface area (Å²) in [5.74, 6) is 1.53. The summed E-state index contributed by atoms with van der Waals surface area (Å²) in [6, 6.07) is 1.88. The number of aromatic nitrogens is 2. The van der Waals surface area contributed by atoms with Crippen LogP contribution in [0.4, 0.5) is 0 Å². The van der Waals surface area contributed by atoms with Crippen molar-refractivity contribution in [1.82, 2.24) is 15.3 Å². The van der Waals surface area contributed by atoms with Crippen molar-refractivity contribution in [3.8, 4) is 0 Å². The van der Waals surface area contributed by atoms with Crippen LogP contribution in [0.1, 0.15) is 56.0 Å². The molecule has 2 fully saturated rings. The third kappa shape index (κ3) is 3.79. The van der Waals surface area contributed by atoms with E-state index in [1.54, 1.807) is 6.20 Å². The van der Waals surface area contributed by atoms with Gasteiger partial charge in [-0.1, -0.05) is 12.8 Å². The highest BCUT2D eigenvalue weighted by Gasteiger charge is 2.22. The minimum Gasteiger partial charge on any atom is -0.381 e. The van der Waals surface area contributed by atoms with Crippen molar-refractivity contribution < 1.29 is 9.53 Å². The Labute approximate surface area is 125 Å². The monoisotopic (exact) mass is 289 g/mol. The third-order valence-electron chi connectivity index (χ3n) is 4.43. The fourth-order valence-electron chi connectivity index (χ4n) is 3.16. The molecule has 1 aromatic heterocycles. The second-order valence-electron chi connectivity index (χ2n) is 6.02. The third-order valence-corrected chi connectivity index (χ3v) is 4.43. The summed E-state index contributed by atoms with van der Waals surface area (Å²) < 4.78 is 5.49. The fraction of sp³-hybridized carbons (Fsp3) is 0.688. The van der Waals surface area contributed by atoms with Gasteiger partial charge in [0.25, 0.3) is 0 Å². The first-order valence-corrected chi connectivity index (χ1v) is 8.00. The van der Waals surface area contributed by atoms with Crippen molar-refractivity contribution >= 4 is 5.91 Å². The van der Waals surface area contributed by atoms with E-state index in [9.17, 15) is 4.79 Å². The molecule has 1 saturated carbocycles. The van der Waals surface area contributed by atoms with Crippen molar-refractivity contribution in [3.05, 3.63) is 23.8 Å². The molecule has 1 aliphatic heterocycles.